The lowest BCUT2D eigenvalue weighted by atomic mass is 10.1. The molecule has 1 aromatic carbocycles. The minimum atomic E-state index is 0.908. The van der Waals surface area contributed by atoms with Crippen molar-refractivity contribution < 1.29 is 0 Å². The molecule has 0 unspecified atom stereocenters. The topological polar surface area (TPSA) is 30.9 Å². The average Bonchev–Trinajstić information content (AvgIpc) is 2.83. The van der Waals surface area contributed by atoms with Gasteiger partial charge in [0, 0.05) is 18.4 Å². The van der Waals surface area contributed by atoms with E-state index < -0.39 is 0 Å². The molecule has 118 valence electrons. The second kappa shape index (κ2) is 8.40. The first-order valence-corrected chi connectivity index (χ1v) is 7.60. The van der Waals surface area contributed by atoms with E-state index >= 15 is 0 Å². The van der Waals surface area contributed by atoms with E-state index in [1.807, 2.05) is 6.92 Å². The maximum absolute atomic E-state index is 4.50. The van der Waals surface area contributed by atoms with Gasteiger partial charge in [-0.25, -0.2) is 0 Å². The Morgan fingerprint density at radius 2 is 1.77 bits per heavy atom. The van der Waals surface area contributed by atoms with E-state index in [4.69, 9.17) is 0 Å². The molecule has 0 fully saturated rings. The Kier molecular flexibility index (Phi) is 6.87. The van der Waals surface area contributed by atoms with E-state index in [2.05, 4.69) is 80.3 Å². The van der Waals surface area contributed by atoms with Gasteiger partial charge < -0.3 is 10.3 Å². The lowest BCUT2D eigenvalue weighted by molar-refractivity contribution is 0.794. The predicted octanol–water partition coefficient (Wildman–Crippen LogP) is 4.63. The highest BCUT2D eigenvalue weighted by molar-refractivity contribution is 5.53. The van der Waals surface area contributed by atoms with Crippen molar-refractivity contribution in [1.82, 2.24) is 4.57 Å². The molecule has 1 aromatic heterocycles. The fraction of sp³-hybridized carbons (Fsp3) is 0.300. The van der Waals surface area contributed by atoms with Crippen LogP contribution in [0.4, 0.5) is 0 Å². The Labute approximate surface area is 135 Å². The molecular weight excluding hydrogens is 268 g/mol. The first-order chi connectivity index (χ1) is 10.5. The number of nitrogens with zero attached hydrogens (tertiary/aromatic N) is 1. The van der Waals surface area contributed by atoms with Gasteiger partial charge in [0.2, 0.25) is 0 Å². The van der Waals surface area contributed by atoms with Gasteiger partial charge >= 0.3 is 0 Å². The molecule has 2 N–H and O–H groups in total. The van der Waals surface area contributed by atoms with Crippen molar-refractivity contribution in [1.29, 1.82) is 0 Å². The molecule has 2 rings (SSSR count). The maximum Gasteiger partial charge on any atom is 0.0476 e. The van der Waals surface area contributed by atoms with Crippen LogP contribution in [-0.2, 0) is 6.54 Å². The quantitative estimate of drug-likeness (QED) is 0.820. The van der Waals surface area contributed by atoms with Crippen LogP contribution in [0.3, 0.4) is 0 Å². The minimum absolute atomic E-state index is 0.908. The summed E-state index contributed by atoms with van der Waals surface area (Å²) >= 11 is 0. The van der Waals surface area contributed by atoms with Gasteiger partial charge in [-0.2, -0.15) is 0 Å². The van der Waals surface area contributed by atoms with Crippen molar-refractivity contribution in [3.8, 4) is 0 Å². The van der Waals surface area contributed by atoms with Gasteiger partial charge in [-0.15, -0.1) is 0 Å². The van der Waals surface area contributed by atoms with E-state index in [0.717, 1.165) is 12.1 Å². The van der Waals surface area contributed by atoms with Crippen LogP contribution in [-0.4, -0.2) is 11.6 Å². The summed E-state index contributed by atoms with van der Waals surface area (Å²) in [4.78, 5) is 0. The van der Waals surface area contributed by atoms with E-state index in [0.29, 0.717) is 0 Å². The molecule has 0 saturated carbocycles. The Bertz CT molecular complexity index is 660. The smallest absolute Gasteiger partial charge is 0.0476 e. The number of allylic oxidation sites excluding steroid dienone is 2. The zero-order valence-electron chi connectivity index (χ0n) is 14.5. The molecule has 2 aromatic rings. The molecule has 0 bridgehead atoms. The van der Waals surface area contributed by atoms with Crippen molar-refractivity contribution in [2.24, 2.45) is 5.73 Å². The third-order valence-corrected chi connectivity index (χ3v) is 3.67. The summed E-state index contributed by atoms with van der Waals surface area (Å²) < 4.78 is 2.29. The van der Waals surface area contributed by atoms with Crippen LogP contribution in [0, 0.1) is 20.8 Å². The molecule has 1 heterocycles. The Balaban J connectivity index is 0.00000116. The highest BCUT2D eigenvalue weighted by Crippen LogP contribution is 2.17. The molecule has 0 saturated heterocycles. The van der Waals surface area contributed by atoms with Crippen LogP contribution < -0.4 is 5.73 Å². The summed E-state index contributed by atoms with van der Waals surface area (Å²) in [5.74, 6) is 0. The van der Waals surface area contributed by atoms with Gasteiger partial charge in [0.15, 0.2) is 0 Å². The standard InChI is InChI=1S/C19H23N.CH5N/c1-14(2)6-9-19-16(4)10-11-20(19)13-18-8-7-15(3)17(5)12-18;1-2/h6-12H,1,13H2,2-5H3;2H2,1H3/b9-6-;. The van der Waals surface area contributed by atoms with Crippen LogP contribution in [0.5, 0.6) is 0 Å². The van der Waals surface area contributed by atoms with Gasteiger partial charge in [-0.3, -0.25) is 0 Å². The Morgan fingerprint density at radius 3 is 2.36 bits per heavy atom. The summed E-state index contributed by atoms with van der Waals surface area (Å²) in [6.07, 6.45) is 6.38. The van der Waals surface area contributed by atoms with Crippen molar-refractivity contribution >= 4 is 6.08 Å². The number of rotatable bonds is 4. The van der Waals surface area contributed by atoms with Crippen molar-refractivity contribution in [2.75, 3.05) is 7.05 Å². The zero-order valence-corrected chi connectivity index (χ0v) is 14.5. The number of hydrogen-bond donors (Lipinski definition) is 1. The van der Waals surface area contributed by atoms with Gasteiger partial charge in [0.1, 0.15) is 0 Å². The minimum Gasteiger partial charge on any atom is -0.343 e. The summed E-state index contributed by atoms with van der Waals surface area (Å²) in [5, 5.41) is 0. The van der Waals surface area contributed by atoms with E-state index in [1.165, 1.54) is 35.0 Å². The number of aryl methyl sites for hydroxylation is 3. The van der Waals surface area contributed by atoms with Crippen molar-refractivity contribution in [3.05, 3.63) is 76.6 Å². The molecular formula is C20H28N2. The molecule has 0 aliphatic carbocycles. The summed E-state index contributed by atoms with van der Waals surface area (Å²) in [6, 6.07) is 8.85. The lowest BCUT2D eigenvalue weighted by Gasteiger charge is -2.10. The molecule has 0 aliphatic rings. The van der Waals surface area contributed by atoms with Gasteiger partial charge in [-0.1, -0.05) is 36.4 Å². The molecule has 0 spiro atoms. The SMILES string of the molecule is C=C(C)/C=C\c1c(C)ccn1Cc1ccc(C)c(C)c1.CN. The largest absolute Gasteiger partial charge is 0.343 e. The molecule has 0 atom stereocenters. The van der Waals surface area contributed by atoms with Crippen LogP contribution in [0.1, 0.15) is 34.9 Å². The zero-order chi connectivity index (χ0) is 16.7. The normalized spacial score (nSPS) is 10.5. The van der Waals surface area contributed by atoms with Gasteiger partial charge in [0.05, 0.1) is 0 Å². The summed E-state index contributed by atoms with van der Waals surface area (Å²) in [7, 11) is 1.50. The fourth-order valence-electron chi connectivity index (χ4n) is 2.28. The van der Waals surface area contributed by atoms with Crippen molar-refractivity contribution in [2.45, 2.75) is 34.2 Å². The van der Waals surface area contributed by atoms with Crippen molar-refractivity contribution in [3.63, 3.8) is 0 Å². The number of nitrogens with two attached hydrogens (primary N) is 1. The third-order valence-electron chi connectivity index (χ3n) is 3.67. The highest BCUT2D eigenvalue weighted by atomic mass is 15.0. The Morgan fingerprint density at radius 1 is 1.09 bits per heavy atom. The molecule has 0 amide bonds. The lowest BCUT2D eigenvalue weighted by Crippen LogP contribution is -2.01. The Hall–Kier alpha value is -2.06. The van der Waals surface area contributed by atoms with E-state index in [9.17, 15) is 0 Å². The predicted molar refractivity (Wildman–Crippen MR) is 98.1 cm³/mol. The van der Waals surface area contributed by atoms with Gasteiger partial charge in [-0.05, 0) is 69.1 Å². The number of hydrogen-bond acceptors (Lipinski definition) is 1. The molecule has 22 heavy (non-hydrogen) atoms. The monoisotopic (exact) mass is 296 g/mol. The second-order valence-electron chi connectivity index (χ2n) is 5.61. The molecule has 0 radical (unpaired) electrons. The van der Waals surface area contributed by atoms with Crippen LogP contribution >= 0.6 is 0 Å². The molecule has 0 aliphatic heterocycles. The number of aromatic nitrogens is 1. The highest BCUT2D eigenvalue weighted by Gasteiger charge is 2.04. The number of benzene rings is 1. The first-order valence-electron chi connectivity index (χ1n) is 7.60. The van der Waals surface area contributed by atoms with E-state index in [-0.39, 0.29) is 0 Å². The summed E-state index contributed by atoms with van der Waals surface area (Å²) in [6.45, 7) is 13.3. The van der Waals surface area contributed by atoms with Crippen LogP contribution in [0.25, 0.3) is 6.08 Å². The summed E-state index contributed by atoms with van der Waals surface area (Å²) in [5.41, 5.74) is 12.2. The maximum atomic E-state index is 4.50. The van der Waals surface area contributed by atoms with Gasteiger partial charge in [0.25, 0.3) is 0 Å². The fourth-order valence-corrected chi connectivity index (χ4v) is 2.28. The average molecular weight is 296 g/mol. The third kappa shape index (κ3) is 4.74. The van der Waals surface area contributed by atoms with E-state index in [1.54, 1.807) is 0 Å². The molecule has 2 heteroatoms. The van der Waals surface area contributed by atoms with Crippen LogP contribution in [0.2, 0.25) is 0 Å². The molecule has 2 nitrogen and oxygen atoms in total. The van der Waals surface area contributed by atoms with Crippen LogP contribution in [0.15, 0.2) is 48.7 Å². The second-order valence-corrected chi connectivity index (χ2v) is 5.61. The first kappa shape index (κ1) is 18.0.